The van der Waals surface area contributed by atoms with Gasteiger partial charge in [-0.1, -0.05) is 0 Å². The first-order valence-electron chi connectivity index (χ1n) is 6.43. The molecule has 5 nitrogen and oxygen atoms in total. The van der Waals surface area contributed by atoms with E-state index in [9.17, 15) is 9.90 Å². The highest BCUT2D eigenvalue weighted by Gasteiger charge is 2.35. The Morgan fingerprint density at radius 1 is 1.58 bits per heavy atom. The minimum Gasteiger partial charge on any atom is -0.444 e. The lowest BCUT2D eigenvalue weighted by Gasteiger charge is -2.35. The quantitative estimate of drug-likeness (QED) is 0.895. The summed E-state index contributed by atoms with van der Waals surface area (Å²) in [4.78, 5) is 15.9. The molecule has 0 saturated heterocycles. The van der Waals surface area contributed by atoms with Crippen LogP contribution in [0.1, 0.15) is 45.7 Å². The predicted octanol–water partition coefficient (Wildman–Crippen LogP) is 2.95. The van der Waals surface area contributed by atoms with Crippen LogP contribution in [0.5, 0.6) is 0 Å². The van der Waals surface area contributed by atoms with Gasteiger partial charge in [-0.25, -0.2) is 9.78 Å². The summed E-state index contributed by atoms with van der Waals surface area (Å²) in [5.41, 5.74) is -0.291. The van der Waals surface area contributed by atoms with Crippen molar-refractivity contribution in [3.63, 3.8) is 0 Å². The van der Waals surface area contributed by atoms with Gasteiger partial charge in [0.1, 0.15) is 5.60 Å². The van der Waals surface area contributed by atoms with E-state index in [1.165, 1.54) is 11.3 Å². The van der Waals surface area contributed by atoms with Gasteiger partial charge in [0.2, 0.25) is 0 Å². The molecule has 0 spiro atoms. The molecule has 2 rings (SSSR count). The molecule has 0 unspecified atom stereocenters. The minimum absolute atomic E-state index is 0.504. The molecule has 1 heterocycles. The molecule has 6 heteroatoms. The molecule has 106 valence electrons. The van der Waals surface area contributed by atoms with E-state index in [0.29, 0.717) is 11.6 Å². The zero-order chi connectivity index (χ0) is 14.1. The van der Waals surface area contributed by atoms with Gasteiger partial charge in [0.05, 0.1) is 11.3 Å². The van der Waals surface area contributed by atoms with E-state index >= 15 is 0 Å². The van der Waals surface area contributed by atoms with E-state index in [-0.39, 0.29) is 0 Å². The normalized spacial score (nSPS) is 17.7. The van der Waals surface area contributed by atoms with Crippen molar-refractivity contribution in [3.05, 3.63) is 11.1 Å². The van der Waals surface area contributed by atoms with Crippen LogP contribution >= 0.6 is 11.3 Å². The fourth-order valence-electron chi connectivity index (χ4n) is 1.94. The molecule has 0 aromatic carbocycles. The molecule has 2 N–H and O–H groups in total. The molecule has 1 aliphatic rings. The lowest BCUT2D eigenvalue weighted by molar-refractivity contribution is -0.0329. The SMILES string of the molecule is CC(C)(C)OC(=O)Nc1nc(CC2(O)CCC2)cs1. The molecule has 1 fully saturated rings. The van der Waals surface area contributed by atoms with E-state index in [4.69, 9.17) is 4.74 Å². The second-order valence-electron chi connectivity index (χ2n) is 6.03. The van der Waals surface area contributed by atoms with Gasteiger partial charge < -0.3 is 9.84 Å². The summed E-state index contributed by atoms with van der Waals surface area (Å²) in [5.74, 6) is 0. The van der Waals surface area contributed by atoms with Crippen LogP contribution in [-0.4, -0.2) is 27.4 Å². The molecule has 19 heavy (non-hydrogen) atoms. The smallest absolute Gasteiger partial charge is 0.413 e. The molecule has 1 amide bonds. The monoisotopic (exact) mass is 284 g/mol. The molecule has 0 atom stereocenters. The van der Waals surface area contributed by atoms with Crippen LogP contribution in [0.3, 0.4) is 0 Å². The summed E-state index contributed by atoms with van der Waals surface area (Å²) >= 11 is 1.34. The van der Waals surface area contributed by atoms with E-state index in [0.717, 1.165) is 25.0 Å². The van der Waals surface area contributed by atoms with Gasteiger partial charge in [-0.3, -0.25) is 5.32 Å². The first kappa shape index (κ1) is 14.3. The minimum atomic E-state index is -0.586. The number of aromatic nitrogens is 1. The molecule has 1 aromatic rings. The Morgan fingerprint density at radius 2 is 2.26 bits per heavy atom. The lowest BCUT2D eigenvalue weighted by Crippen LogP contribution is -2.39. The molecular formula is C13H20N2O3S. The van der Waals surface area contributed by atoms with Crippen LogP contribution < -0.4 is 5.32 Å². The first-order valence-corrected chi connectivity index (χ1v) is 7.31. The van der Waals surface area contributed by atoms with Gasteiger partial charge in [-0.15, -0.1) is 11.3 Å². The molecular weight excluding hydrogens is 264 g/mol. The number of amides is 1. The summed E-state index contributed by atoms with van der Waals surface area (Å²) in [5, 5.41) is 15.0. The number of aliphatic hydroxyl groups is 1. The van der Waals surface area contributed by atoms with Gasteiger partial charge in [0, 0.05) is 11.8 Å². The fourth-order valence-corrected chi connectivity index (χ4v) is 2.63. The van der Waals surface area contributed by atoms with E-state index in [1.54, 1.807) is 0 Å². The number of anilines is 1. The Bertz CT molecular complexity index is 461. The average molecular weight is 284 g/mol. The number of hydrogen-bond donors (Lipinski definition) is 2. The average Bonchev–Trinajstić information content (AvgIpc) is 2.59. The van der Waals surface area contributed by atoms with Crippen molar-refractivity contribution >= 4 is 22.6 Å². The molecule has 1 aromatic heterocycles. The lowest BCUT2D eigenvalue weighted by atomic mass is 9.77. The Hall–Kier alpha value is -1.14. The van der Waals surface area contributed by atoms with Gasteiger partial charge in [-0.2, -0.15) is 0 Å². The number of rotatable bonds is 3. The van der Waals surface area contributed by atoms with Gasteiger partial charge >= 0.3 is 6.09 Å². The van der Waals surface area contributed by atoms with Crippen LogP contribution in [0, 0.1) is 0 Å². The zero-order valence-electron chi connectivity index (χ0n) is 11.5. The van der Waals surface area contributed by atoms with Crippen molar-refractivity contribution in [2.75, 3.05) is 5.32 Å². The van der Waals surface area contributed by atoms with Gasteiger partial charge in [0.15, 0.2) is 5.13 Å². The third kappa shape index (κ3) is 4.18. The van der Waals surface area contributed by atoms with Crippen LogP contribution in [0.2, 0.25) is 0 Å². The van der Waals surface area contributed by atoms with Crippen molar-refractivity contribution in [1.29, 1.82) is 0 Å². The maximum Gasteiger partial charge on any atom is 0.413 e. The predicted molar refractivity (Wildman–Crippen MR) is 74.5 cm³/mol. The highest BCUT2D eigenvalue weighted by molar-refractivity contribution is 7.13. The van der Waals surface area contributed by atoms with Gasteiger partial charge in [0.25, 0.3) is 0 Å². The Morgan fingerprint density at radius 3 is 2.79 bits per heavy atom. The Labute approximate surface area is 117 Å². The second kappa shape index (κ2) is 5.09. The summed E-state index contributed by atoms with van der Waals surface area (Å²) in [6, 6.07) is 0. The Kier molecular flexibility index (Phi) is 3.82. The van der Waals surface area contributed by atoms with Crippen LogP contribution in [0.25, 0.3) is 0 Å². The summed E-state index contributed by atoms with van der Waals surface area (Å²) in [6.07, 6.45) is 2.79. The summed E-state index contributed by atoms with van der Waals surface area (Å²) in [7, 11) is 0. The van der Waals surface area contributed by atoms with Crippen LogP contribution in [0.15, 0.2) is 5.38 Å². The largest absolute Gasteiger partial charge is 0.444 e. The number of nitrogens with zero attached hydrogens (tertiary/aromatic N) is 1. The van der Waals surface area contributed by atoms with Crippen LogP contribution in [-0.2, 0) is 11.2 Å². The molecule has 0 bridgehead atoms. The zero-order valence-corrected chi connectivity index (χ0v) is 12.3. The molecule has 1 saturated carbocycles. The first-order chi connectivity index (χ1) is 8.76. The number of carbonyl (C=O) groups excluding carboxylic acids is 1. The maximum atomic E-state index is 11.6. The van der Waals surface area contributed by atoms with Crippen molar-refractivity contribution in [3.8, 4) is 0 Å². The van der Waals surface area contributed by atoms with Crippen molar-refractivity contribution in [2.24, 2.45) is 0 Å². The topological polar surface area (TPSA) is 71.5 Å². The number of hydrogen-bond acceptors (Lipinski definition) is 5. The molecule has 0 radical (unpaired) electrons. The number of carbonyl (C=O) groups is 1. The summed E-state index contributed by atoms with van der Waals surface area (Å²) in [6.45, 7) is 5.43. The van der Waals surface area contributed by atoms with E-state index in [2.05, 4.69) is 10.3 Å². The summed E-state index contributed by atoms with van der Waals surface area (Å²) < 4.78 is 5.15. The molecule has 1 aliphatic carbocycles. The fraction of sp³-hybridized carbons (Fsp3) is 0.692. The number of thiazole rings is 1. The third-order valence-electron chi connectivity index (χ3n) is 2.95. The maximum absolute atomic E-state index is 11.6. The van der Waals surface area contributed by atoms with E-state index in [1.807, 2.05) is 26.2 Å². The second-order valence-corrected chi connectivity index (χ2v) is 6.88. The van der Waals surface area contributed by atoms with Crippen molar-refractivity contribution in [2.45, 2.75) is 57.7 Å². The van der Waals surface area contributed by atoms with Crippen LogP contribution in [0.4, 0.5) is 9.93 Å². The Balaban J connectivity index is 1.88. The van der Waals surface area contributed by atoms with Crippen molar-refractivity contribution in [1.82, 2.24) is 4.98 Å². The number of nitrogens with one attached hydrogen (secondary N) is 1. The van der Waals surface area contributed by atoms with Gasteiger partial charge in [-0.05, 0) is 40.0 Å². The van der Waals surface area contributed by atoms with Crippen molar-refractivity contribution < 1.29 is 14.6 Å². The molecule has 0 aliphatic heterocycles. The number of ether oxygens (including phenoxy) is 1. The third-order valence-corrected chi connectivity index (χ3v) is 3.76. The highest BCUT2D eigenvalue weighted by atomic mass is 32.1. The van der Waals surface area contributed by atoms with E-state index < -0.39 is 17.3 Å². The highest BCUT2D eigenvalue weighted by Crippen LogP contribution is 2.35. The standard InChI is InChI=1S/C13H20N2O3S/c1-12(2,3)18-11(16)15-10-14-9(8-19-10)7-13(17)5-4-6-13/h8,17H,4-7H2,1-3H3,(H,14,15,16).